The monoisotopic (exact) mass is 319 g/mol. The van der Waals surface area contributed by atoms with E-state index in [1.54, 1.807) is 0 Å². The Morgan fingerprint density at radius 1 is 1.00 bits per heavy atom. The number of likely N-dealkylation sites (N-methyl/N-ethyl adjacent to an activating group) is 1. The van der Waals surface area contributed by atoms with Crippen LogP contribution >= 0.6 is 0 Å². The molecule has 122 valence electrons. The molecule has 0 aliphatic carbocycles. The Morgan fingerprint density at radius 3 is 2.46 bits per heavy atom. The van der Waals surface area contributed by atoms with E-state index < -0.39 is 0 Å². The minimum atomic E-state index is -0.0511. The lowest BCUT2D eigenvalue weighted by molar-refractivity contribution is -0.114. The molecule has 3 rings (SSSR count). The fourth-order valence-corrected chi connectivity index (χ4v) is 2.75. The Morgan fingerprint density at radius 2 is 1.71 bits per heavy atom. The first-order valence-corrected chi connectivity index (χ1v) is 7.97. The molecule has 0 atom stereocenters. The molecule has 3 aromatic rings. The number of hydrogen-bond donors (Lipinski definition) is 1. The maximum Gasteiger partial charge on any atom is 0.243 e. The van der Waals surface area contributed by atoms with Crippen LogP contribution in [0.1, 0.15) is 11.1 Å². The lowest BCUT2D eigenvalue weighted by Crippen LogP contribution is -2.31. The number of nitrogens with zero attached hydrogens (tertiary/aromatic N) is 2. The number of benzene rings is 2. The molecule has 0 unspecified atom stereocenters. The van der Waals surface area contributed by atoms with Gasteiger partial charge in [-0.15, -0.1) is 0 Å². The number of aromatic nitrogens is 1. The van der Waals surface area contributed by atoms with Crippen LogP contribution in [0.2, 0.25) is 0 Å². The molecule has 0 radical (unpaired) electrons. The van der Waals surface area contributed by atoms with Crippen LogP contribution in [0, 0.1) is 13.8 Å². The van der Waals surface area contributed by atoms with E-state index >= 15 is 0 Å². The lowest BCUT2D eigenvalue weighted by atomic mass is 10.1. The highest BCUT2D eigenvalue weighted by molar-refractivity contribution is 5.95. The summed E-state index contributed by atoms with van der Waals surface area (Å²) in [7, 11) is 1.88. The van der Waals surface area contributed by atoms with Crippen molar-refractivity contribution in [2.45, 2.75) is 13.8 Å². The number of aryl methyl sites for hydroxylation is 2. The Labute approximate surface area is 142 Å². The number of pyridine rings is 1. The SMILES string of the molecule is Cc1cccc(C)c1NC(=O)CN(C)c1ccc2ccccc2n1. The van der Waals surface area contributed by atoms with Crippen molar-refractivity contribution in [2.75, 3.05) is 23.8 Å². The average Bonchev–Trinajstić information content (AvgIpc) is 2.58. The summed E-state index contributed by atoms with van der Waals surface area (Å²) in [5.41, 5.74) is 3.95. The summed E-state index contributed by atoms with van der Waals surface area (Å²) in [5, 5.41) is 4.10. The van der Waals surface area contributed by atoms with Crippen LogP contribution in [0.5, 0.6) is 0 Å². The summed E-state index contributed by atoms with van der Waals surface area (Å²) in [4.78, 5) is 18.9. The first-order valence-electron chi connectivity index (χ1n) is 7.97. The van der Waals surface area contributed by atoms with Gasteiger partial charge in [0.1, 0.15) is 5.82 Å². The molecule has 0 aliphatic rings. The highest BCUT2D eigenvalue weighted by Gasteiger charge is 2.11. The van der Waals surface area contributed by atoms with Gasteiger partial charge < -0.3 is 10.2 Å². The van der Waals surface area contributed by atoms with Crippen molar-refractivity contribution in [1.82, 2.24) is 4.98 Å². The van der Waals surface area contributed by atoms with E-state index in [-0.39, 0.29) is 12.5 Å². The van der Waals surface area contributed by atoms with Gasteiger partial charge in [0.2, 0.25) is 5.91 Å². The normalized spacial score (nSPS) is 10.6. The van der Waals surface area contributed by atoms with Gasteiger partial charge in [-0.1, -0.05) is 36.4 Å². The molecule has 24 heavy (non-hydrogen) atoms. The molecule has 4 heteroatoms. The topological polar surface area (TPSA) is 45.2 Å². The van der Waals surface area contributed by atoms with Gasteiger partial charge in [-0.3, -0.25) is 4.79 Å². The van der Waals surface area contributed by atoms with Crippen LogP contribution in [0.3, 0.4) is 0 Å². The molecule has 4 nitrogen and oxygen atoms in total. The van der Waals surface area contributed by atoms with Crippen molar-refractivity contribution >= 4 is 28.3 Å². The summed E-state index contributed by atoms with van der Waals surface area (Å²) in [6.45, 7) is 4.24. The Hall–Kier alpha value is -2.88. The van der Waals surface area contributed by atoms with E-state index in [1.807, 2.05) is 80.4 Å². The zero-order valence-corrected chi connectivity index (χ0v) is 14.2. The third-order valence-electron chi connectivity index (χ3n) is 4.10. The average molecular weight is 319 g/mol. The molecule has 1 amide bonds. The first kappa shape index (κ1) is 16.0. The van der Waals surface area contributed by atoms with E-state index in [1.165, 1.54) is 0 Å². The summed E-state index contributed by atoms with van der Waals surface area (Å²) in [5.74, 6) is 0.732. The molecular formula is C20H21N3O. The van der Waals surface area contributed by atoms with Crippen molar-refractivity contribution in [3.8, 4) is 0 Å². The number of anilines is 2. The van der Waals surface area contributed by atoms with Gasteiger partial charge in [0.05, 0.1) is 12.1 Å². The fourth-order valence-electron chi connectivity index (χ4n) is 2.75. The van der Waals surface area contributed by atoms with Crippen LogP contribution < -0.4 is 10.2 Å². The second kappa shape index (κ2) is 6.71. The first-order chi connectivity index (χ1) is 11.5. The molecule has 1 heterocycles. The quantitative estimate of drug-likeness (QED) is 0.792. The molecule has 0 bridgehead atoms. The molecule has 0 saturated carbocycles. The van der Waals surface area contributed by atoms with Crippen LogP contribution in [-0.4, -0.2) is 24.5 Å². The van der Waals surface area contributed by atoms with Crippen LogP contribution in [-0.2, 0) is 4.79 Å². The number of hydrogen-bond acceptors (Lipinski definition) is 3. The number of nitrogens with one attached hydrogen (secondary N) is 1. The van der Waals surface area contributed by atoms with E-state index in [0.29, 0.717) is 0 Å². The van der Waals surface area contributed by atoms with Gasteiger partial charge in [0, 0.05) is 18.1 Å². The summed E-state index contributed by atoms with van der Waals surface area (Å²) < 4.78 is 0. The minimum Gasteiger partial charge on any atom is -0.350 e. The highest BCUT2D eigenvalue weighted by Crippen LogP contribution is 2.20. The van der Waals surface area contributed by atoms with Crippen molar-refractivity contribution in [2.24, 2.45) is 0 Å². The van der Waals surface area contributed by atoms with Crippen LogP contribution in [0.25, 0.3) is 10.9 Å². The van der Waals surface area contributed by atoms with Gasteiger partial charge in [0.25, 0.3) is 0 Å². The smallest absolute Gasteiger partial charge is 0.243 e. The minimum absolute atomic E-state index is 0.0511. The van der Waals surface area contributed by atoms with Gasteiger partial charge in [-0.05, 0) is 43.2 Å². The Kier molecular flexibility index (Phi) is 4.47. The Balaban J connectivity index is 1.73. The Bertz CT molecular complexity index is 869. The number of carbonyl (C=O) groups excluding carboxylic acids is 1. The number of amides is 1. The standard InChI is InChI=1S/C20H21N3O/c1-14-7-6-8-15(2)20(14)22-19(24)13-23(3)18-12-11-16-9-4-5-10-17(16)21-18/h4-12H,13H2,1-3H3,(H,22,24). The largest absolute Gasteiger partial charge is 0.350 e. The third kappa shape index (κ3) is 3.38. The lowest BCUT2D eigenvalue weighted by Gasteiger charge is -2.19. The molecule has 1 aromatic heterocycles. The predicted octanol–water partition coefficient (Wildman–Crippen LogP) is 3.93. The zero-order chi connectivity index (χ0) is 17.1. The van der Waals surface area contributed by atoms with Gasteiger partial charge in [0.15, 0.2) is 0 Å². The fraction of sp³-hybridized carbons (Fsp3) is 0.200. The number of para-hydroxylation sites is 2. The van der Waals surface area contributed by atoms with E-state index in [4.69, 9.17) is 0 Å². The number of fused-ring (bicyclic) bond motifs is 1. The van der Waals surface area contributed by atoms with Crippen molar-refractivity contribution in [3.05, 3.63) is 65.7 Å². The van der Waals surface area contributed by atoms with Crippen LogP contribution in [0.15, 0.2) is 54.6 Å². The molecule has 0 spiro atoms. The summed E-state index contributed by atoms with van der Waals surface area (Å²) in [6, 6.07) is 17.9. The van der Waals surface area contributed by atoms with Gasteiger partial charge in [-0.25, -0.2) is 4.98 Å². The van der Waals surface area contributed by atoms with E-state index in [9.17, 15) is 4.79 Å². The predicted molar refractivity (Wildman–Crippen MR) is 99.6 cm³/mol. The third-order valence-corrected chi connectivity index (χ3v) is 4.10. The zero-order valence-electron chi connectivity index (χ0n) is 14.2. The molecule has 1 N–H and O–H groups in total. The van der Waals surface area contributed by atoms with E-state index in [2.05, 4.69) is 10.3 Å². The van der Waals surface area contributed by atoms with Crippen LogP contribution in [0.4, 0.5) is 11.5 Å². The van der Waals surface area contributed by atoms with Crippen molar-refractivity contribution < 1.29 is 4.79 Å². The maximum absolute atomic E-state index is 12.4. The van der Waals surface area contributed by atoms with Gasteiger partial charge in [-0.2, -0.15) is 0 Å². The molecule has 2 aromatic carbocycles. The highest BCUT2D eigenvalue weighted by atomic mass is 16.2. The molecule has 0 aliphatic heterocycles. The second-order valence-corrected chi connectivity index (χ2v) is 6.03. The molecular weight excluding hydrogens is 298 g/mol. The van der Waals surface area contributed by atoms with E-state index in [0.717, 1.165) is 33.5 Å². The van der Waals surface area contributed by atoms with Crippen molar-refractivity contribution in [1.29, 1.82) is 0 Å². The summed E-state index contributed by atoms with van der Waals surface area (Å²) >= 11 is 0. The number of rotatable bonds is 4. The maximum atomic E-state index is 12.4. The van der Waals surface area contributed by atoms with Crippen molar-refractivity contribution in [3.63, 3.8) is 0 Å². The number of carbonyl (C=O) groups is 1. The van der Waals surface area contributed by atoms with Gasteiger partial charge >= 0.3 is 0 Å². The second-order valence-electron chi connectivity index (χ2n) is 6.03. The summed E-state index contributed by atoms with van der Waals surface area (Å²) in [6.07, 6.45) is 0. The molecule has 0 saturated heterocycles. The molecule has 0 fully saturated rings.